The number of unbranched alkanes of at least 4 members (excludes halogenated alkanes) is 3. The molecule has 0 heterocycles. The Morgan fingerprint density at radius 3 is 1.48 bits per heavy atom. The van der Waals surface area contributed by atoms with Gasteiger partial charge in [0.1, 0.15) is 0 Å². The van der Waals surface area contributed by atoms with E-state index in [1.165, 1.54) is 83.5 Å². The number of hydrogen-bond acceptors (Lipinski definition) is 0. The van der Waals surface area contributed by atoms with Crippen LogP contribution in [0.2, 0.25) is 0 Å². The highest BCUT2D eigenvalue weighted by Crippen LogP contribution is 2.36. The van der Waals surface area contributed by atoms with Crippen LogP contribution in [0.3, 0.4) is 0 Å². The highest BCUT2D eigenvalue weighted by molar-refractivity contribution is 4.90. The van der Waals surface area contributed by atoms with Crippen LogP contribution in [0.4, 0.5) is 0 Å². The average Bonchev–Trinajstić information content (AvgIpc) is 2.66. The van der Waals surface area contributed by atoms with E-state index in [0.717, 1.165) is 23.7 Å². The van der Waals surface area contributed by atoms with Crippen molar-refractivity contribution in [2.24, 2.45) is 23.7 Å². The molecule has 0 radical (unpaired) electrons. The summed E-state index contributed by atoms with van der Waals surface area (Å²) in [6.45, 7) is 4.58. The fraction of sp³-hybridized carbons (Fsp3) is 0.920. The average molecular weight is 347 g/mol. The smallest absolute Gasteiger partial charge is 0.0233 e. The molecule has 0 saturated heterocycles. The van der Waals surface area contributed by atoms with Crippen molar-refractivity contribution in [2.45, 2.75) is 123 Å². The quantitative estimate of drug-likeness (QED) is 0.259. The van der Waals surface area contributed by atoms with Crippen molar-refractivity contribution in [1.82, 2.24) is 0 Å². The van der Waals surface area contributed by atoms with E-state index in [1.54, 1.807) is 25.7 Å². The molecule has 0 unspecified atom stereocenters. The SMILES string of the molecule is CCC=CC1CCC(CCCC[C@H]2CC[C@H](CCCCC)CC2)CC1. The van der Waals surface area contributed by atoms with E-state index < -0.39 is 0 Å². The van der Waals surface area contributed by atoms with Crippen molar-refractivity contribution in [3.05, 3.63) is 12.2 Å². The first kappa shape index (κ1) is 21.0. The molecule has 25 heavy (non-hydrogen) atoms. The second-order valence-electron chi connectivity index (χ2n) is 9.28. The summed E-state index contributed by atoms with van der Waals surface area (Å²) in [5.41, 5.74) is 0. The highest BCUT2D eigenvalue weighted by Gasteiger charge is 2.21. The van der Waals surface area contributed by atoms with E-state index in [2.05, 4.69) is 26.0 Å². The van der Waals surface area contributed by atoms with Gasteiger partial charge in [-0.3, -0.25) is 0 Å². The van der Waals surface area contributed by atoms with E-state index in [1.807, 2.05) is 0 Å². The Labute approximate surface area is 159 Å². The van der Waals surface area contributed by atoms with Crippen molar-refractivity contribution in [2.75, 3.05) is 0 Å². The molecule has 0 amide bonds. The predicted molar refractivity (Wildman–Crippen MR) is 113 cm³/mol. The molecule has 2 aliphatic rings. The van der Waals surface area contributed by atoms with Gasteiger partial charge in [-0.25, -0.2) is 0 Å². The van der Waals surface area contributed by atoms with Crippen molar-refractivity contribution in [3.8, 4) is 0 Å². The topological polar surface area (TPSA) is 0 Å². The predicted octanol–water partition coefficient (Wildman–Crippen LogP) is 8.71. The molecule has 0 aliphatic heterocycles. The van der Waals surface area contributed by atoms with Crippen LogP contribution in [0.15, 0.2) is 12.2 Å². The summed E-state index contributed by atoms with van der Waals surface area (Å²) in [6.07, 6.45) is 30.1. The molecule has 0 aromatic rings. The van der Waals surface area contributed by atoms with E-state index >= 15 is 0 Å². The maximum Gasteiger partial charge on any atom is -0.0233 e. The van der Waals surface area contributed by atoms with Crippen LogP contribution in [0.25, 0.3) is 0 Å². The first-order chi connectivity index (χ1) is 12.3. The summed E-state index contributed by atoms with van der Waals surface area (Å²) in [7, 11) is 0. The zero-order chi connectivity index (χ0) is 17.7. The monoisotopic (exact) mass is 346 g/mol. The Morgan fingerprint density at radius 1 is 0.600 bits per heavy atom. The highest BCUT2D eigenvalue weighted by atomic mass is 14.3. The maximum atomic E-state index is 2.49. The maximum absolute atomic E-state index is 2.49. The first-order valence-electron chi connectivity index (χ1n) is 12.0. The molecule has 2 aliphatic carbocycles. The van der Waals surface area contributed by atoms with Crippen LogP contribution in [0.1, 0.15) is 123 Å². The third-order valence-corrected chi connectivity index (χ3v) is 7.19. The normalized spacial score (nSPS) is 30.8. The Kier molecular flexibility index (Phi) is 10.9. The lowest BCUT2D eigenvalue weighted by atomic mass is 9.77. The zero-order valence-electron chi connectivity index (χ0n) is 17.5. The van der Waals surface area contributed by atoms with Gasteiger partial charge >= 0.3 is 0 Å². The third-order valence-electron chi connectivity index (χ3n) is 7.19. The van der Waals surface area contributed by atoms with Crippen LogP contribution < -0.4 is 0 Å². The molecule has 0 aromatic heterocycles. The van der Waals surface area contributed by atoms with Gasteiger partial charge in [-0.2, -0.15) is 0 Å². The molecule has 2 saturated carbocycles. The number of rotatable bonds is 11. The summed E-state index contributed by atoms with van der Waals surface area (Å²) < 4.78 is 0. The van der Waals surface area contributed by atoms with Crippen LogP contribution in [0.5, 0.6) is 0 Å². The minimum Gasteiger partial charge on any atom is -0.0885 e. The molecule has 0 spiro atoms. The largest absolute Gasteiger partial charge is 0.0885 e. The lowest BCUT2D eigenvalue weighted by molar-refractivity contribution is 0.239. The van der Waals surface area contributed by atoms with Gasteiger partial charge < -0.3 is 0 Å². The van der Waals surface area contributed by atoms with Crippen LogP contribution in [-0.4, -0.2) is 0 Å². The molecule has 146 valence electrons. The molecule has 2 fully saturated rings. The van der Waals surface area contributed by atoms with Crippen molar-refractivity contribution in [3.63, 3.8) is 0 Å². The van der Waals surface area contributed by atoms with Crippen molar-refractivity contribution in [1.29, 1.82) is 0 Å². The van der Waals surface area contributed by atoms with E-state index in [9.17, 15) is 0 Å². The first-order valence-corrected chi connectivity index (χ1v) is 12.0. The molecular weight excluding hydrogens is 300 g/mol. The van der Waals surface area contributed by atoms with Gasteiger partial charge in [-0.1, -0.05) is 103 Å². The Morgan fingerprint density at radius 2 is 1.04 bits per heavy atom. The van der Waals surface area contributed by atoms with Gasteiger partial charge in [0.2, 0.25) is 0 Å². The van der Waals surface area contributed by atoms with Gasteiger partial charge in [-0.05, 0) is 55.8 Å². The third kappa shape index (κ3) is 8.78. The second kappa shape index (κ2) is 13.0. The summed E-state index contributed by atoms with van der Waals surface area (Å²) in [5.74, 6) is 4.13. The number of hydrogen-bond donors (Lipinski definition) is 0. The number of allylic oxidation sites excluding steroid dienone is 2. The van der Waals surface area contributed by atoms with Gasteiger partial charge in [0, 0.05) is 0 Å². The standard InChI is InChI=1S/C25H46/c1-3-5-7-11-23-18-20-25(21-19-23)13-9-8-12-24-16-14-22(15-17-24)10-6-4-2/h6,10,22-25H,3-5,7-9,11-21H2,1-2H3/t22?,23-,24?,25-. The van der Waals surface area contributed by atoms with Gasteiger partial charge in [0.15, 0.2) is 0 Å². The zero-order valence-corrected chi connectivity index (χ0v) is 17.5. The lowest BCUT2D eigenvalue weighted by Crippen LogP contribution is -2.15. The fourth-order valence-electron chi connectivity index (χ4n) is 5.36. The van der Waals surface area contributed by atoms with Gasteiger partial charge in [0.05, 0.1) is 0 Å². The fourth-order valence-corrected chi connectivity index (χ4v) is 5.36. The molecular formula is C25H46. The molecule has 0 bridgehead atoms. The minimum absolute atomic E-state index is 0.906. The van der Waals surface area contributed by atoms with Crippen molar-refractivity contribution < 1.29 is 0 Å². The van der Waals surface area contributed by atoms with E-state index in [-0.39, 0.29) is 0 Å². The lowest BCUT2D eigenvalue weighted by Gasteiger charge is -2.29. The molecule has 0 atom stereocenters. The van der Waals surface area contributed by atoms with Crippen LogP contribution in [0, 0.1) is 23.7 Å². The summed E-state index contributed by atoms with van der Waals surface area (Å²) in [5, 5.41) is 0. The van der Waals surface area contributed by atoms with Crippen molar-refractivity contribution >= 4 is 0 Å². The molecule has 0 heteroatoms. The minimum atomic E-state index is 0.906. The molecule has 0 aromatic carbocycles. The Hall–Kier alpha value is -0.260. The van der Waals surface area contributed by atoms with Crippen LogP contribution in [-0.2, 0) is 0 Å². The summed E-state index contributed by atoms with van der Waals surface area (Å²) >= 11 is 0. The van der Waals surface area contributed by atoms with Crippen LogP contribution >= 0.6 is 0 Å². The van der Waals surface area contributed by atoms with E-state index in [4.69, 9.17) is 0 Å². The summed E-state index contributed by atoms with van der Waals surface area (Å²) in [4.78, 5) is 0. The Balaban J connectivity index is 1.46. The molecule has 0 nitrogen and oxygen atoms in total. The Bertz CT molecular complexity index is 326. The molecule has 0 N–H and O–H groups in total. The van der Waals surface area contributed by atoms with E-state index in [0.29, 0.717) is 0 Å². The van der Waals surface area contributed by atoms with Gasteiger partial charge in [0.25, 0.3) is 0 Å². The van der Waals surface area contributed by atoms with Gasteiger partial charge in [-0.15, -0.1) is 0 Å². The molecule has 2 rings (SSSR count). The summed E-state index contributed by atoms with van der Waals surface area (Å²) in [6, 6.07) is 0. The second-order valence-corrected chi connectivity index (χ2v) is 9.28.